The van der Waals surface area contributed by atoms with Crippen LogP contribution in [0.3, 0.4) is 0 Å². The molecule has 1 aliphatic rings. The van der Waals surface area contributed by atoms with Crippen LogP contribution in [0.5, 0.6) is 0 Å². The van der Waals surface area contributed by atoms with Gasteiger partial charge in [-0.2, -0.15) is 0 Å². The lowest BCUT2D eigenvalue weighted by Gasteiger charge is -2.03. The summed E-state index contributed by atoms with van der Waals surface area (Å²) in [4.78, 5) is 11.2. The van der Waals surface area contributed by atoms with Crippen molar-refractivity contribution in [3.05, 3.63) is 12.2 Å². The largest absolute Gasteiger partial charge is 0.468 e. The number of rotatable bonds is 1. The van der Waals surface area contributed by atoms with Gasteiger partial charge in [0.25, 0.3) is 0 Å². The fourth-order valence-electron chi connectivity index (χ4n) is 1.47. The van der Waals surface area contributed by atoms with Crippen LogP contribution in [0.1, 0.15) is 18.2 Å². The van der Waals surface area contributed by atoms with Crippen LogP contribution in [0.25, 0.3) is 0 Å². The molecule has 0 fully saturated rings. The van der Waals surface area contributed by atoms with Gasteiger partial charge in [0.05, 0.1) is 7.11 Å². The molecule has 1 aromatic rings. The minimum absolute atomic E-state index is 0.211. The molecule has 0 aromatic carbocycles. The molecule has 5 heteroatoms. The molecule has 0 N–H and O–H groups in total. The highest BCUT2D eigenvalue weighted by atomic mass is 16.5. The number of aryl methyl sites for hydroxylation is 1. The molecule has 2 heterocycles. The lowest BCUT2D eigenvalue weighted by molar-refractivity contribution is -0.142. The Bertz CT molecular complexity index is 307. The number of aromatic nitrogens is 3. The number of carbonyl (C=O) groups excluding carboxylic acids is 1. The first-order valence-corrected chi connectivity index (χ1v) is 3.78. The molecule has 64 valence electrons. The topological polar surface area (TPSA) is 57.0 Å². The van der Waals surface area contributed by atoms with E-state index in [1.54, 1.807) is 6.33 Å². The van der Waals surface area contributed by atoms with E-state index in [0.29, 0.717) is 0 Å². The molecule has 5 nitrogen and oxygen atoms in total. The Kier molecular flexibility index (Phi) is 1.56. The highest BCUT2D eigenvalue weighted by Gasteiger charge is 2.31. The van der Waals surface area contributed by atoms with Gasteiger partial charge in [-0.15, -0.1) is 10.2 Å². The molecular weight excluding hydrogens is 158 g/mol. The maximum absolute atomic E-state index is 11.2. The summed E-state index contributed by atoms with van der Waals surface area (Å²) in [5, 5.41) is 7.58. The minimum atomic E-state index is -0.221. The zero-order valence-electron chi connectivity index (χ0n) is 6.73. The molecule has 0 aliphatic carbocycles. The lowest BCUT2D eigenvalue weighted by Crippen LogP contribution is -2.12. The van der Waals surface area contributed by atoms with Crippen LogP contribution < -0.4 is 0 Å². The fourth-order valence-corrected chi connectivity index (χ4v) is 1.47. The Morgan fingerprint density at radius 1 is 1.83 bits per heavy atom. The summed E-state index contributed by atoms with van der Waals surface area (Å²) in [5.74, 6) is 0.293. The molecule has 1 atom stereocenters. The van der Waals surface area contributed by atoms with Crippen molar-refractivity contribution in [2.75, 3.05) is 7.11 Å². The Morgan fingerprint density at radius 2 is 2.67 bits per heavy atom. The SMILES string of the molecule is COC(=O)[C@@H]1CCn2cnnc21. The Morgan fingerprint density at radius 3 is 3.42 bits per heavy atom. The molecule has 0 unspecified atom stereocenters. The highest BCUT2D eigenvalue weighted by molar-refractivity contribution is 5.77. The van der Waals surface area contributed by atoms with Gasteiger partial charge in [0.2, 0.25) is 0 Å². The van der Waals surface area contributed by atoms with Crippen LogP contribution in [0.4, 0.5) is 0 Å². The van der Waals surface area contributed by atoms with E-state index in [4.69, 9.17) is 0 Å². The number of fused-ring (bicyclic) bond motifs is 1. The number of hydrogen-bond acceptors (Lipinski definition) is 4. The Balaban J connectivity index is 2.28. The molecule has 0 radical (unpaired) electrons. The summed E-state index contributed by atoms with van der Waals surface area (Å²) >= 11 is 0. The molecular formula is C7H9N3O2. The lowest BCUT2D eigenvalue weighted by atomic mass is 10.1. The number of nitrogens with zero attached hydrogens (tertiary/aromatic N) is 3. The van der Waals surface area contributed by atoms with Crippen molar-refractivity contribution in [1.29, 1.82) is 0 Å². The second-order valence-corrected chi connectivity index (χ2v) is 2.75. The van der Waals surface area contributed by atoms with Gasteiger partial charge >= 0.3 is 5.97 Å². The van der Waals surface area contributed by atoms with E-state index >= 15 is 0 Å². The van der Waals surface area contributed by atoms with E-state index in [0.717, 1.165) is 18.8 Å². The number of hydrogen-bond donors (Lipinski definition) is 0. The Hall–Kier alpha value is -1.39. The predicted molar refractivity (Wildman–Crippen MR) is 39.4 cm³/mol. The molecule has 2 rings (SSSR count). The third-order valence-corrected chi connectivity index (χ3v) is 2.10. The standard InChI is InChI=1S/C7H9N3O2/c1-12-7(11)5-2-3-10-4-8-9-6(5)10/h4-5H,2-3H2,1H3/t5-/m1/s1. The quantitative estimate of drug-likeness (QED) is 0.550. The number of esters is 1. The van der Waals surface area contributed by atoms with Gasteiger partial charge < -0.3 is 9.30 Å². The van der Waals surface area contributed by atoms with Crippen LogP contribution in [-0.2, 0) is 16.1 Å². The molecule has 0 saturated carbocycles. The fraction of sp³-hybridized carbons (Fsp3) is 0.571. The smallest absolute Gasteiger partial charge is 0.316 e. The Labute approximate surface area is 69.4 Å². The van der Waals surface area contributed by atoms with Crippen molar-refractivity contribution in [1.82, 2.24) is 14.8 Å². The average Bonchev–Trinajstić information content (AvgIpc) is 2.62. The third kappa shape index (κ3) is 0.895. The maximum Gasteiger partial charge on any atom is 0.316 e. The van der Waals surface area contributed by atoms with Crippen LogP contribution in [0.15, 0.2) is 6.33 Å². The summed E-state index contributed by atoms with van der Waals surface area (Å²) in [6.45, 7) is 0.808. The monoisotopic (exact) mass is 167 g/mol. The normalized spacial score (nSPS) is 20.6. The van der Waals surface area contributed by atoms with Crippen LogP contribution >= 0.6 is 0 Å². The van der Waals surface area contributed by atoms with Gasteiger partial charge in [-0.1, -0.05) is 0 Å². The van der Waals surface area contributed by atoms with Crippen LogP contribution in [0.2, 0.25) is 0 Å². The van der Waals surface area contributed by atoms with Crippen LogP contribution in [0, 0.1) is 0 Å². The van der Waals surface area contributed by atoms with E-state index < -0.39 is 0 Å². The molecule has 12 heavy (non-hydrogen) atoms. The summed E-state index contributed by atoms with van der Waals surface area (Å²) in [6.07, 6.45) is 2.41. The van der Waals surface area contributed by atoms with Crippen molar-refractivity contribution < 1.29 is 9.53 Å². The second kappa shape index (κ2) is 2.58. The van der Waals surface area contributed by atoms with Crippen molar-refractivity contribution in [3.63, 3.8) is 0 Å². The van der Waals surface area contributed by atoms with Gasteiger partial charge in [0.15, 0.2) is 0 Å². The number of ether oxygens (including phenoxy) is 1. The summed E-state index contributed by atoms with van der Waals surface area (Å²) in [6, 6.07) is 0. The van der Waals surface area contributed by atoms with Gasteiger partial charge in [-0.3, -0.25) is 4.79 Å². The molecule has 1 aliphatic heterocycles. The molecule has 0 spiro atoms. The summed E-state index contributed by atoms with van der Waals surface area (Å²) < 4.78 is 6.52. The highest BCUT2D eigenvalue weighted by Crippen LogP contribution is 2.26. The van der Waals surface area contributed by atoms with E-state index in [9.17, 15) is 4.79 Å². The first-order valence-electron chi connectivity index (χ1n) is 3.78. The van der Waals surface area contributed by atoms with Gasteiger partial charge in [0.1, 0.15) is 18.1 Å². The van der Waals surface area contributed by atoms with E-state index in [2.05, 4.69) is 14.9 Å². The predicted octanol–water partition coefficient (Wildman–Crippen LogP) is -0.0616. The number of methoxy groups -OCH3 is 1. The third-order valence-electron chi connectivity index (χ3n) is 2.10. The van der Waals surface area contributed by atoms with Gasteiger partial charge in [0, 0.05) is 6.54 Å². The zero-order valence-corrected chi connectivity index (χ0v) is 6.73. The zero-order chi connectivity index (χ0) is 8.55. The minimum Gasteiger partial charge on any atom is -0.468 e. The number of carbonyl (C=O) groups is 1. The summed E-state index contributed by atoms with van der Waals surface area (Å²) in [7, 11) is 1.39. The molecule has 0 amide bonds. The van der Waals surface area contributed by atoms with E-state index in [-0.39, 0.29) is 11.9 Å². The van der Waals surface area contributed by atoms with Gasteiger partial charge in [-0.25, -0.2) is 0 Å². The second-order valence-electron chi connectivity index (χ2n) is 2.75. The first-order chi connectivity index (χ1) is 5.83. The first kappa shape index (κ1) is 7.27. The molecule has 1 aromatic heterocycles. The summed E-state index contributed by atoms with van der Waals surface area (Å²) in [5.41, 5.74) is 0. The molecule has 0 bridgehead atoms. The van der Waals surface area contributed by atoms with Crippen molar-refractivity contribution in [2.45, 2.75) is 18.9 Å². The van der Waals surface area contributed by atoms with E-state index in [1.807, 2.05) is 4.57 Å². The van der Waals surface area contributed by atoms with Crippen molar-refractivity contribution >= 4 is 5.97 Å². The van der Waals surface area contributed by atoms with Crippen LogP contribution in [-0.4, -0.2) is 27.8 Å². The maximum atomic E-state index is 11.2. The van der Waals surface area contributed by atoms with Gasteiger partial charge in [-0.05, 0) is 6.42 Å². The van der Waals surface area contributed by atoms with Crippen molar-refractivity contribution in [3.8, 4) is 0 Å². The molecule has 0 saturated heterocycles. The van der Waals surface area contributed by atoms with Crippen molar-refractivity contribution in [2.24, 2.45) is 0 Å². The van der Waals surface area contributed by atoms with E-state index in [1.165, 1.54) is 7.11 Å². The average molecular weight is 167 g/mol.